The number of carbonyl (C=O) groups is 1. The number of aromatic nitrogens is 2. The molecule has 1 N–H and O–H groups in total. The molecule has 0 radical (unpaired) electrons. The van der Waals surface area contributed by atoms with E-state index in [2.05, 4.69) is 16.0 Å². The molecule has 138 valence electrons. The van der Waals surface area contributed by atoms with Crippen LogP contribution in [0.2, 0.25) is 0 Å². The minimum atomic E-state index is 0.159. The lowest BCUT2D eigenvalue weighted by atomic mass is 10.0. The maximum Gasteiger partial charge on any atom is 0.227 e. The fraction of sp³-hybridized carbons (Fsp3) is 0.273. The van der Waals surface area contributed by atoms with Crippen LogP contribution in [0.5, 0.6) is 5.75 Å². The van der Waals surface area contributed by atoms with Crippen molar-refractivity contribution >= 4 is 22.5 Å². The van der Waals surface area contributed by atoms with Gasteiger partial charge in [0, 0.05) is 31.0 Å². The highest BCUT2D eigenvalue weighted by Gasteiger charge is 2.20. The molecule has 1 aliphatic heterocycles. The Bertz CT molecular complexity index is 973. The van der Waals surface area contributed by atoms with Gasteiger partial charge in [0.1, 0.15) is 5.75 Å². The van der Waals surface area contributed by atoms with Crippen molar-refractivity contribution in [2.75, 3.05) is 19.7 Å². The van der Waals surface area contributed by atoms with Gasteiger partial charge >= 0.3 is 0 Å². The lowest BCUT2D eigenvalue weighted by Crippen LogP contribution is -2.35. The minimum Gasteiger partial charge on any atom is -0.494 e. The van der Waals surface area contributed by atoms with Crippen molar-refractivity contribution in [3.05, 3.63) is 66.0 Å². The summed E-state index contributed by atoms with van der Waals surface area (Å²) in [7, 11) is 0. The Morgan fingerprint density at radius 2 is 2.11 bits per heavy atom. The Morgan fingerprint density at radius 1 is 1.26 bits per heavy atom. The zero-order valence-corrected chi connectivity index (χ0v) is 15.4. The average Bonchev–Trinajstić information content (AvgIpc) is 3.14. The van der Waals surface area contributed by atoms with Gasteiger partial charge in [-0.3, -0.25) is 9.78 Å². The number of nitrogens with one attached hydrogen (secondary N) is 1. The third-order valence-electron chi connectivity index (χ3n) is 4.93. The predicted octanol–water partition coefficient (Wildman–Crippen LogP) is 3.82. The first-order chi connectivity index (χ1) is 13.2. The highest BCUT2D eigenvalue weighted by atomic mass is 16.5. The number of nitrogens with zero attached hydrogens (tertiary/aromatic N) is 2. The van der Waals surface area contributed by atoms with Crippen LogP contribution in [-0.2, 0) is 11.2 Å². The first kappa shape index (κ1) is 17.3. The number of carbonyl (C=O) groups excluding carboxylic acids is 1. The maximum absolute atomic E-state index is 12.6. The van der Waals surface area contributed by atoms with E-state index in [-0.39, 0.29) is 5.91 Å². The number of benzene rings is 1. The van der Waals surface area contributed by atoms with Crippen molar-refractivity contribution in [2.45, 2.75) is 19.8 Å². The van der Waals surface area contributed by atoms with E-state index in [4.69, 9.17) is 4.74 Å². The van der Waals surface area contributed by atoms with Gasteiger partial charge in [0.15, 0.2) is 0 Å². The monoisotopic (exact) mass is 361 g/mol. The van der Waals surface area contributed by atoms with Gasteiger partial charge in [-0.1, -0.05) is 18.2 Å². The van der Waals surface area contributed by atoms with Crippen molar-refractivity contribution in [2.24, 2.45) is 0 Å². The van der Waals surface area contributed by atoms with Crippen LogP contribution in [0.4, 0.5) is 0 Å². The molecule has 0 saturated heterocycles. The van der Waals surface area contributed by atoms with Crippen molar-refractivity contribution in [3.63, 3.8) is 0 Å². The van der Waals surface area contributed by atoms with Crippen LogP contribution in [-0.4, -0.2) is 40.5 Å². The second-order valence-corrected chi connectivity index (χ2v) is 6.67. The van der Waals surface area contributed by atoms with Gasteiger partial charge in [0.25, 0.3) is 0 Å². The number of ether oxygens (including phenoxy) is 1. The molecule has 5 heteroatoms. The van der Waals surface area contributed by atoms with Gasteiger partial charge < -0.3 is 14.6 Å². The van der Waals surface area contributed by atoms with Crippen LogP contribution in [0.25, 0.3) is 16.6 Å². The van der Waals surface area contributed by atoms with E-state index in [9.17, 15) is 4.79 Å². The number of H-pyrrole nitrogens is 1. The summed E-state index contributed by atoms with van der Waals surface area (Å²) in [6.45, 7) is 3.99. The highest BCUT2D eigenvalue weighted by Crippen LogP contribution is 2.28. The van der Waals surface area contributed by atoms with Crippen molar-refractivity contribution < 1.29 is 9.53 Å². The quantitative estimate of drug-likeness (QED) is 0.752. The summed E-state index contributed by atoms with van der Waals surface area (Å²) in [5.74, 6) is 0.998. The molecule has 4 rings (SSSR count). The molecule has 0 fully saturated rings. The van der Waals surface area contributed by atoms with E-state index in [1.807, 2.05) is 60.6 Å². The summed E-state index contributed by atoms with van der Waals surface area (Å²) in [6, 6.07) is 11.7. The molecule has 1 aromatic carbocycles. The Balaban J connectivity index is 1.41. The molecule has 1 amide bonds. The van der Waals surface area contributed by atoms with Crippen LogP contribution in [0, 0.1) is 0 Å². The van der Waals surface area contributed by atoms with Gasteiger partial charge in [0.05, 0.1) is 24.1 Å². The van der Waals surface area contributed by atoms with Crippen LogP contribution >= 0.6 is 0 Å². The molecular weight excluding hydrogens is 338 g/mol. The molecule has 0 spiro atoms. The molecule has 0 atom stereocenters. The van der Waals surface area contributed by atoms with E-state index >= 15 is 0 Å². The summed E-state index contributed by atoms with van der Waals surface area (Å²) >= 11 is 0. The molecule has 0 saturated carbocycles. The van der Waals surface area contributed by atoms with Gasteiger partial charge in [-0.05, 0) is 48.7 Å². The first-order valence-electron chi connectivity index (χ1n) is 9.35. The Labute approximate surface area is 158 Å². The predicted molar refractivity (Wildman–Crippen MR) is 107 cm³/mol. The zero-order valence-electron chi connectivity index (χ0n) is 15.4. The average molecular weight is 361 g/mol. The number of rotatable bonds is 5. The van der Waals surface area contributed by atoms with Crippen molar-refractivity contribution in [1.29, 1.82) is 0 Å². The topological polar surface area (TPSA) is 58.2 Å². The number of pyridine rings is 1. The molecule has 0 unspecified atom stereocenters. The Kier molecular flexibility index (Phi) is 4.92. The SMILES string of the molecule is CCOc1ccc(CC(=O)N2CC=C(c3c[nH]c4cccnc34)CC2)cc1. The smallest absolute Gasteiger partial charge is 0.227 e. The maximum atomic E-state index is 12.6. The summed E-state index contributed by atoms with van der Waals surface area (Å²) in [5, 5.41) is 0. The van der Waals surface area contributed by atoms with Gasteiger partial charge in [-0.2, -0.15) is 0 Å². The fourth-order valence-electron chi connectivity index (χ4n) is 3.50. The third kappa shape index (κ3) is 3.72. The van der Waals surface area contributed by atoms with Crippen molar-refractivity contribution in [3.8, 4) is 5.75 Å². The molecule has 0 aliphatic carbocycles. The van der Waals surface area contributed by atoms with Crippen LogP contribution in [0.15, 0.2) is 54.9 Å². The standard InChI is InChI=1S/C22H23N3O2/c1-2-27-18-7-5-16(6-8-18)14-21(26)25-12-9-17(10-13-25)19-15-24-20-4-3-11-23-22(19)20/h3-9,11,15,24H,2,10,12-14H2,1H3. The normalized spacial score (nSPS) is 14.3. The van der Waals surface area contributed by atoms with Crippen molar-refractivity contribution in [1.82, 2.24) is 14.9 Å². The molecule has 3 aromatic rings. The van der Waals surface area contributed by atoms with Crippen LogP contribution in [0.1, 0.15) is 24.5 Å². The summed E-state index contributed by atoms with van der Waals surface area (Å²) in [5.41, 5.74) is 5.45. The molecule has 0 bridgehead atoms. The number of hydrogen-bond acceptors (Lipinski definition) is 3. The molecule has 3 heterocycles. The highest BCUT2D eigenvalue weighted by molar-refractivity contribution is 5.90. The molecule has 5 nitrogen and oxygen atoms in total. The fourth-order valence-corrected chi connectivity index (χ4v) is 3.50. The van der Waals surface area contributed by atoms with E-state index in [1.54, 1.807) is 0 Å². The number of amides is 1. The molecule has 1 aliphatic rings. The van der Waals surface area contributed by atoms with Gasteiger partial charge in [0.2, 0.25) is 5.91 Å². The molecule has 2 aromatic heterocycles. The summed E-state index contributed by atoms with van der Waals surface area (Å²) in [4.78, 5) is 22.3. The first-order valence-corrected chi connectivity index (χ1v) is 9.35. The third-order valence-corrected chi connectivity index (χ3v) is 4.93. The largest absolute Gasteiger partial charge is 0.494 e. The van der Waals surface area contributed by atoms with E-state index < -0.39 is 0 Å². The summed E-state index contributed by atoms with van der Waals surface area (Å²) in [6.07, 6.45) is 7.25. The lowest BCUT2D eigenvalue weighted by molar-refractivity contribution is -0.130. The van der Waals surface area contributed by atoms with Gasteiger partial charge in [-0.25, -0.2) is 0 Å². The van der Waals surface area contributed by atoms with Crippen LogP contribution < -0.4 is 4.74 Å². The lowest BCUT2D eigenvalue weighted by Gasteiger charge is -2.26. The second-order valence-electron chi connectivity index (χ2n) is 6.67. The number of fused-ring (bicyclic) bond motifs is 1. The number of hydrogen-bond donors (Lipinski definition) is 1. The van der Waals surface area contributed by atoms with E-state index in [0.29, 0.717) is 19.6 Å². The van der Waals surface area contributed by atoms with E-state index in [1.165, 1.54) is 5.57 Å². The Hall–Kier alpha value is -3.08. The zero-order chi connectivity index (χ0) is 18.6. The van der Waals surface area contributed by atoms with Gasteiger partial charge in [-0.15, -0.1) is 0 Å². The van der Waals surface area contributed by atoms with Crippen LogP contribution in [0.3, 0.4) is 0 Å². The summed E-state index contributed by atoms with van der Waals surface area (Å²) < 4.78 is 5.45. The number of aromatic amines is 1. The molecule has 27 heavy (non-hydrogen) atoms. The minimum absolute atomic E-state index is 0.159. The molecular formula is C22H23N3O2. The second kappa shape index (κ2) is 7.66. The van der Waals surface area contributed by atoms with E-state index in [0.717, 1.165) is 40.9 Å². The Morgan fingerprint density at radius 3 is 2.85 bits per heavy atom.